The molecule has 0 bridgehead atoms. The van der Waals surface area contributed by atoms with E-state index >= 15 is 0 Å². The van der Waals surface area contributed by atoms with Crippen molar-refractivity contribution in [3.05, 3.63) is 57.1 Å². The molecule has 15 heavy (non-hydrogen) atoms. The lowest BCUT2D eigenvalue weighted by molar-refractivity contribution is -0.375. The third-order valence-corrected chi connectivity index (χ3v) is 2.32. The Hall–Kier alpha value is -2.26. The van der Waals surface area contributed by atoms with Crippen molar-refractivity contribution >= 4 is 11.4 Å². The van der Waals surface area contributed by atoms with Crippen LogP contribution in [0.5, 0.6) is 0 Å². The first-order valence-electron chi connectivity index (χ1n) is 4.39. The molecule has 1 aromatic carbocycles. The van der Waals surface area contributed by atoms with Crippen LogP contribution in [0.15, 0.2) is 30.3 Å². The molecule has 0 spiro atoms. The number of fused-ring (bicyclic) bond motifs is 1. The molecule has 2 rings (SSSR count). The fraction of sp³-hybridized carbons (Fsp3) is 0.100. The highest BCUT2D eigenvalue weighted by molar-refractivity contribution is 6.03. The predicted octanol–water partition coefficient (Wildman–Crippen LogP) is 1.73. The lowest BCUT2D eigenvalue weighted by atomic mass is 9.93. The minimum absolute atomic E-state index is 0.0676. The van der Waals surface area contributed by atoms with Crippen molar-refractivity contribution < 1.29 is 9.71 Å². The van der Waals surface area contributed by atoms with Gasteiger partial charge in [-0.2, -0.15) is 4.79 Å². The molecule has 0 saturated heterocycles. The maximum absolute atomic E-state index is 10.7. The molecule has 0 saturated carbocycles. The zero-order valence-electron chi connectivity index (χ0n) is 7.75. The molecule has 0 aliphatic heterocycles. The fourth-order valence-corrected chi connectivity index (χ4v) is 1.64. The van der Waals surface area contributed by atoms with Crippen LogP contribution < -0.4 is 0 Å². The monoisotopic (exact) mass is 201 g/mol. The van der Waals surface area contributed by atoms with Crippen LogP contribution in [0.3, 0.4) is 0 Å². The van der Waals surface area contributed by atoms with Crippen LogP contribution in [0, 0.1) is 10.1 Å². The number of nitrogens with zero attached hydrogens (tertiary/aromatic N) is 3. The Kier molecular flexibility index (Phi) is 2.15. The van der Waals surface area contributed by atoms with Gasteiger partial charge in [-0.25, -0.2) is 0 Å². The highest BCUT2D eigenvalue weighted by atomic mass is 16.6. The summed E-state index contributed by atoms with van der Waals surface area (Å²) >= 11 is 0. The minimum Gasteiger partial charge on any atom is -0.361 e. The van der Waals surface area contributed by atoms with Crippen LogP contribution in [0.4, 0.5) is 0 Å². The predicted molar refractivity (Wildman–Crippen MR) is 53.8 cm³/mol. The number of rotatable bonds is 1. The van der Waals surface area contributed by atoms with E-state index in [0.717, 1.165) is 0 Å². The molecule has 0 N–H and O–H groups in total. The van der Waals surface area contributed by atoms with Gasteiger partial charge in [0, 0.05) is 6.08 Å². The van der Waals surface area contributed by atoms with Crippen molar-refractivity contribution in [3.63, 3.8) is 0 Å². The van der Waals surface area contributed by atoms with Crippen LogP contribution in [0.1, 0.15) is 17.5 Å². The molecule has 0 unspecified atom stereocenters. The molecule has 0 heterocycles. The first kappa shape index (κ1) is 9.30. The number of allylic oxidation sites excluding steroid dienone is 1. The molecular weight excluding hydrogens is 194 g/mol. The zero-order valence-corrected chi connectivity index (χ0v) is 7.75. The average molecular weight is 201 g/mol. The molecule has 0 fully saturated rings. The standard InChI is InChI=1S/C10H7N3O2/c11-12-9-5-6-10(13(14)15)8-4-2-1-3-7(8)9/h1-4,6H,5H2. The van der Waals surface area contributed by atoms with Gasteiger partial charge >= 0.3 is 5.71 Å². The van der Waals surface area contributed by atoms with Gasteiger partial charge in [0.25, 0.3) is 5.70 Å². The Balaban J connectivity index is 2.67. The summed E-state index contributed by atoms with van der Waals surface area (Å²) in [6.45, 7) is 0. The molecule has 1 aliphatic carbocycles. The third kappa shape index (κ3) is 1.45. The molecule has 0 aromatic heterocycles. The van der Waals surface area contributed by atoms with E-state index in [2.05, 4.69) is 4.79 Å². The van der Waals surface area contributed by atoms with Gasteiger partial charge in [-0.1, -0.05) is 12.1 Å². The molecular formula is C10H7N3O2. The van der Waals surface area contributed by atoms with Gasteiger partial charge in [-0.15, -0.1) is 0 Å². The van der Waals surface area contributed by atoms with Gasteiger partial charge in [0.1, 0.15) is 0 Å². The second-order valence-electron chi connectivity index (χ2n) is 3.14. The van der Waals surface area contributed by atoms with Crippen LogP contribution in [-0.2, 0) is 0 Å². The second kappa shape index (κ2) is 3.48. The second-order valence-corrected chi connectivity index (χ2v) is 3.14. The van der Waals surface area contributed by atoms with E-state index < -0.39 is 4.92 Å². The first-order chi connectivity index (χ1) is 7.24. The third-order valence-electron chi connectivity index (χ3n) is 2.32. The van der Waals surface area contributed by atoms with E-state index in [4.69, 9.17) is 5.53 Å². The fourth-order valence-electron chi connectivity index (χ4n) is 1.64. The number of hydrogen-bond donors (Lipinski definition) is 0. The summed E-state index contributed by atoms with van der Waals surface area (Å²) in [5.74, 6) is 0. The Labute approximate surface area is 85.4 Å². The first-order valence-corrected chi connectivity index (χ1v) is 4.39. The van der Waals surface area contributed by atoms with E-state index in [1.807, 2.05) is 0 Å². The topological polar surface area (TPSA) is 79.5 Å². The van der Waals surface area contributed by atoms with Gasteiger partial charge in [0.15, 0.2) is 0 Å². The Morgan fingerprint density at radius 3 is 2.60 bits per heavy atom. The van der Waals surface area contributed by atoms with Gasteiger partial charge in [0.2, 0.25) is 0 Å². The molecule has 74 valence electrons. The van der Waals surface area contributed by atoms with E-state index in [1.54, 1.807) is 24.3 Å². The number of nitro groups is 1. The largest absolute Gasteiger partial charge is 0.361 e. The Morgan fingerprint density at radius 1 is 1.33 bits per heavy atom. The number of hydrogen-bond acceptors (Lipinski definition) is 2. The zero-order chi connectivity index (χ0) is 10.8. The average Bonchev–Trinajstić information content (AvgIpc) is 2.27. The Bertz CT molecular complexity index is 513. The van der Waals surface area contributed by atoms with E-state index in [-0.39, 0.29) is 12.1 Å². The summed E-state index contributed by atoms with van der Waals surface area (Å²) in [6, 6.07) is 6.83. The van der Waals surface area contributed by atoms with Crippen molar-refractivity contribution in [1.29, 1.82) is 0 Å². The van der Waals surface area contributed by atoms with Crippen LogP contribution in [-0.4, -0.2) is 15.4 Å². The smallest absolute Gasteiger partial charge is 0.304 e. The quantitative estimate of drug-likeness (QED) is 0.300. The van der Waals surface area contributed by atoms with Crippen molar-refractivity contribution in [2.45, 2.75) is 6.42 Å². The normalized spacial score (nSPS) is 13.9. The van der Waals surface area contributed by atoms with Crippen LogP contribution in [0.2, 0.25) is 0 Å². The molecule has 5 nitrogen and oxygen atoms in total. The molecule has 5 heteroatoms. The lowest BCUT2D eigenvalue weighted by Crippen LogP contribution is -2.13. The van der Waals surface area contributed by atoms with Crippen molar-refractivity contribution in [2.24, 2.45) is 0 Å². The van der Waals surface area contributed by atoms with Gasteiger partial charge in [-0.3, -0.25) is 10.1 Å². The van der Waals surface area contributed by atoms with Gasteiger partial charge < -0.3 is 5.53 Å². The van der Waals surface area contributed by atoms with Crippen LogP contribution >= 0.6 is 0 Å². The summed E-state index contributed by atoms with van der Waals surface area (Å²) in [5.41, 5.74) is 10.4. The summed E-state index contributed by atoms with van der Waals surface area (Å²) in [7, 11) is 0. The maximum Gasteiger partial charge on any atom is 0.304 e. The maximum atomic E-state index is 10.7. The molecule has 1 aliphatic rings. The highest BCUT2D eigenvalue weighted by Crippen LogP contribution is 2.25. The Morgan fingerprint density at radius 2 is 2.00 bits per heavy atom. The summed E-state index contributed by atoms with van der Waals surface area (Å²) in [4.78, 5) is 13.5. The molecule has 0 atom stereocenters. The molecule has 0 amide bonds. The van der Waals surface area contributed by atoms with E-state index in [0.29, 0.717) is 16.8 Å². The van der Waals surface area contributed by atoms with Gasteiger partial charge in [0.05, 0.1) is 22.5 Å². The van der Waals surface area contributed by atoms with Gasteiger partial charge in [-0.05, 0) is 12.1 Å². The van der Waals surface area contributed by atoms with E-state index in [9.17, 15) is 10.1 Å². The minimum atomic E-state index is -0.424. The highest BCUT2D eigenvalue weighted by Gasteiger charge is 2.28. The van der Waals surface area contributed by atoms with Crippen LogP contribution in [0.25, 0.3) is 11.2 Å². The molecule has 0 radical (unpaired) electrons. The van der Waals surface area contributed by atoms with Crippen molar-refractivity contribution in [2.75, 3.05) is 0 Å². The summed E-state index contributed by atoms with van der Waals surface area (Å²) < 4.78 is 0. The summed E-state index contributed by atoms with van der Waals surface area (Å²) in [5, 5.41) is 10.7. The van der Waals surface area contributed by atoms with E-state index in [1.165, 1.54) is 6.08 Å². The lowest BCUT2D eigenvalue weighted by Gasteiger charge is -2.07. The molecule has 1 aromatic rings. The van der Waals surface area contributed by atoms with Crippen molar-refractivity contribution in [3.8, 4) is 0 Å². The number of benzene rings is 1. The van der Waals surface area contributed by atoms with Crippen molar-refractivity contribution in [1.82, 2.24) is 0 Å². The SMILES string of the molecule is [N-]=[N+]=C1CC=C([N+](=O)[O-])c2ccccc21. The summed E-state index contributed by atoms with van der Waals surface area (Å²) in [6.07, 6.45) is 1.74.